The van der Waals surface area contributed by atoms with Gasteiger partial charge >= 0.3 is 0 Å². The number of pyridine rings is 1. The molecule has 1 aromatic carbocycles. The first-order valence-corrected chi connectivity index (χ1v) is 10.3. The van der Waals surface area contributed by atoms with Crippen molar-refractivity contribution in [3.8, 4) is 5.88 Å². The Morgan fingerprint density at radius 3 is 2.83 bits per heavy atom. The van der Waals surface area contributed by atoms with Gasteiger partial charge in [-0.2, -0.15) is 0 Å². The van der Waals surface area contributed by atoms with E-state index >= 15 is 0 Å². The molecule has 0 fully saturated rings. The van der Waals surface area contributed by atoms with Crippen LogP contribution in [0.2, 0.25) is 4.34 Å². The fourth-order valence-electron chi connectivity index (χ4n) is 4.11. The van der Waals surface area contributed by atoms with Crippen molar-refractivity contribution in [3.63, 3.8) is 0 Å². The number of methoxy groups -OCH3 is 1. The van der Waals surface area contributed by atoms with Gasteiger partial charge in [0.05, 0.1) is 30.2 Å². The van der Waals surface area contributed by atoms with Gasteiger partial charge in [0.2, 0.25) is 11.8 Å². The molecule has 2 aromatic heterocycles. The highest BCUT2D eigenvalue weighted by atomic mass is 35.5. The molecule has 1 spiro atoms. The van der Waals surface area contributed by atoms with E-state index in [-0.39, 0.29) is 12.5 Å². The Hall–Kier alpha value is -2.90. The molecule has 3 aromatic rings. The molecule has 0 saturated carbocycles. The maximum absolute atomic E-state index is 13.9. The number of carbonyl (C=O) groups excluding carboxylic acids is 1. The third-order valence-corrected chi connectivity index (χ3v) is 6.67. The number of halogens is 1. The van der Waals surface area contributed by atoms with Crippen molar-refractivity contribution in [2.24, 2.45) is 10.7 Å². The van der Waals surface area contributed by atoms with Gasteiger partial charge < -0.3 is 15.4 Å². The third-order valence-electron chi connectivity index (χ3n) is 5.45. The second-order valence-electron chi connectivity index (χ2n) is 6.97. The molecule has 0 radical (unpaired) electrons. The molecular formula is C21H17ClN4O2S. The van der Waals surface area contributed by atoms with Crippen LogP contribution in [0.15, 0.2) is 53.5 Å². The summed E-state index contributed by atoms with van der Waals surface area (Å²) in [6, 6.07) is 15.1. The van der Waals surface area contributed by atoms with Crippen molar-refractivity contribution in [1.82, 2.24) is 4.98 Å². The lowest BCUT2D eigenvalue weighted by atomic mass is 9.75. The number of aliphatic imine (C=N–C) groups is 1. The zero-order valence-electron chi connectivity index (χ0n) is 15.6. The zero-order chi connectivity index (χ0) is 20.2. The number of thiophene rings is 1. The van der Waals surface area contributed by atoms with E-state index in [1.54, 1.807) is 18.1 Å². The van der Waals surface area contributed by atoms with Crippen molar-refractivity contribution in [1.29, 1.82) is 0 Å². The van der Waals surface area contributed by atoms with E-state index < -0.39 is 5.41 Å². The Balaban J connectivity index is 1.71. The fourth-order valence-corrected chi connectivity index (χ4v) is 5.18. The molecule has 1 atom stereocenters. The summed E-state index contributed by atoms with van der Waals surface area (Å²) in [7, 11) is 1.55. The lowest BCUT2D eigenvalue weighted by Crippen LogP contribution is -2.47. The summed E-state index contributed by atoms with van der Waals surface area (Å²) in [5, 5.41) is 0. The van der Waals surface area contributed by atoms with Gasteiger partial charge in [-0.25, -0.2) is 4.98 Å². The Bertz CT molecular complexity index is 1170. The first-order valence-electron chi connectivity index (χ1n) is 9.06. The lowest BCUT2D eigenvalue weighted by Gasteiger charge is -2.31. The summed E-state index contributed by atoms with van der Waals surface area (Å²) < 4.78 is 6.03. The topological polar surface area (TPSA) is 80.8 Å². The average molecular weight is 425 g/mol. The van der Waals surface area contributed by atoms with Gasteiger partial charge in [0, 0.05) is 22.2 Å². The smallest absolute Gasteiger partial charge is 0.246 e. The molecule has 2 aliphatic rings. The number of benzene rings is 1. The zero-order valence-corrected chi connectivity index (χ0v) is 17.1. The number of anilines is 1. The Morgan fingerprint density at radius 2 is 2.07 bits per heavy atom. The molecular weight excluding hydrogens is 408 g/mol. The number of rotatable bonds is 3. The van der Waals surface area contributed by atoms with Gasteiger partial charge in [0.25, 0.3) is 0 Å². The predicted molar refractivity (Wildman–Crippen MR) is 114 cm³/mol. The number of hydrogen-bond donors (Lipinski definition) is 1. The largest absolute Gasteiger partial charge is 0.481 e. The van der Waals surface area contributed by atoms with Gasteiger partial charge in [-0.3, -0.25) is 9.79 Å². The van der Waals surface area contributed by atoms with E-state index in [4.69, 9.17) is 22.1 Å². The van der Waals surface area contributed by atoms with Gasteiger partial charge in [-0.15, -0.1) is 11.3 Å². The summed E-state index contributed by atoms with van der Waals surface area (Å²) in [5.41, 5.74) is 8.12. The minimum atomic E-state index is -1.02. The van der Waals surface area contributed by atoms with E-state index in [0.717, 1.165) is 16.1 Å². The molecule has 0 saturated heterocycles. The van der Waals surface area contributed by atoms with Crippen LogP contribution in [0.1, 0.15) is 21.7 Å². The van der Waals surface area contributed by atoms with Crippen LogP contribution in [0.25, 0.3) is 0 Å². The van der Waals surface area contributed by atoms with Crippen LogP contribution < -0.4 is 15.4 Å². The number of fused-ring (bicyclic) bond motifs is 4. The number of carbonyl (C=O) groups is 1. The van der Waals surface area contributed by atoms with E-state index in [0.29, 0.717) is 33.9 Å². The van der Waals surface area contributed by atoms with Crippen molar-refractivity contribution >= 4 is 40.4 Å². The second kappa shape index (κ2) is 6.57. The number of nitrogens with two attached hydrogens (primary N) is 1. The summed E-state index contributed by atoms with van der Waals surface area (Å²) in [5.74, 6) is 0.752. The number of ether oxygens (including phenoxy) is 1. The number of amides is 1. The van der Waals surface area contributed by atoms with Crippen LogP contribution in [0, 0.1) is 0 Å². The van der Waals surface area contributed by atoms with Crippen LogP contribution in [0.5, 0.6) is 5.88 Å². The predicted octanol–water partition coefficient (Wildman–Crippen LogP) is 3.36. The maximum Gasteiger partial charge on any atom is 0.246 e. The molecule has 4 heterocycles. The maximum atomic E-state index is 13.9. The Labute approximate surface area is 176 Å². The fraction of sp³-hybridized carbons (Fsp3) is 0.190. The highest BCUT2D eigenvalue weighted by Crippen LogP contribution is 2.49. The molecule has 1 unspecified atom stereocenters. The van der Waals surface area contributed by atoms with Gasteiger partial charge in [0.15, 0.2) is 0 Å². The molecule has 6 nitrogen and oxygen atoms in total. The van der Waals surface area contributed by atoms with Crippen molar-refractivity contribution in [2.45, 2.75) is 12.0 Å². The van der Waals surface area contributed by atoms with Crippen LogP contribution in [0.3, 0.4) is 0 Å². The summed E-state index contributed by atoms with van der Waals surface area (Å²) in [6.07, 6.45) is 0. The Kier molecular flexibility index (Phi) is 4.11. The van der Waals surface area contributed by atoms with Crippen LogP contribution in [-0.4, -0.2) is 30.4 Å². The first-order chi connectivity index (χ1) is 14.0. The quantitative estimate of drug-likeness (QED) is 0.699. The van der Waals surface area contributed by atoms with Crippen molar-refractivity contribution in [2.75, 3.05) is 18.6 Å². The standard InChI is InChI=1S/C21H17ClN4O2S/c1-28-17-9-7-13-18(25-17)21(11-24-19(13)23)14-4-2-3-5-15(14)26(20(21)27)10-12-6-8-16(22)29-12/h2-9H,10-11H2,1H3,(H2,23,24). The van der Waals surface area contributed by atoms with Gasteiger partial charge in [-0.1, -0.05) is 29.8 Å². The molecule has 1 amide bonds. The van der Waals surface area contributed by atoms with Crippen LogP contribution in [0.4, 0.5) is 5.69 Å². The van der Waals surface area contributed by atoms with Crippen molar-refractivity contribution < 1.29 is 9.53 Å². The third kappa shape index (κ3) is 2.58. The molecule has 2 aliphatic heterocycles. The van der Waals surface area contributed by atoms with E-state index in [1.807, 2.05) is 42.5 Å². The van der Waals surface area contributed by atoms with Crippen LogP contribution in [-0.2, 0) is 16.8 Å². The molecule has 8 heteroatoms. The lowest BCUT2D eigenvalue weighted by molar-refractivity contribution is -0.121. The SMILES string of the molecule is COc1ccc2c(n1)C1(CN=C2N)C(=O)N(Cc2ccc(Cl)s2)c2ccccc21. The number of aromatic nitrogens is 1. The van der Waals surface area contributed by atoms with Gasteiger partial charge in [-0.05, 0) is 29.8 Å². The normalized spacial score (nSPS) is 19.9. The van der Waals surface area contributed by atoms with Gasteiger partial charge in [0.1, 0.15) is 11.3 Å². The number of hydrogen-bond acceptors (Lipinski definition) is 6. The second-order valence-corrected chi connectivity index (χ2v) is 8.77. The average Bonchev–Trinajstić information content (AvgIpc) is 3.26. The van der Waals surface area contributed by atoms with E-state index in [1.165, 1.54) is 11.3 Å². The monoisotopic (exact) mass is 424 g/mol. The van der Waals surface area contributed by atoms with Crippen molar-refractivity contribution in [3.05, 3.63) is 74.6 Å². The first kappa shape index (κ1) is 18.1. The summed E-state index contributed by atoms with van der Waals surface area (Å²) >= 11 is 7.57. The number of nitrogens with zero attached hydrogens (tertiary/aromatic N) is 3. The molecule has 5 rings (SSSR count). The number of amidine groups is 1. The number of para-hydroxylation sites is 1. The Morgan fingerprint density at radius 1 is 1.24 bits per heavy atom. The summed E-state index contributed by atoms with van der Waals surface area (Å²) in [4.78, 5) is 25.9. The molecule has 0 aliphatic carbocycles. The van der Waals surface area contributed by atoms with Crippen LogP contribution >= 0.6 is 22.9 Å². The highest BCUT2D eigenvalue weighted by Gasteiger charge is 2.55. The minimum absolute atomic E-state index is 0.0681. The highest BCUT2D eigenvalue weighted by molar-refractivity contribution is 7.16. The molecule has 29 heavy (non-hydrogen) atoms. The molecule has 2 N–H and O–H groups in total. The molecule has 0 bridgehead atoms. The minimum Gasteiger partial charge on any atom is -0.481 e. The van der Waals surface area contributed by atoms with E-state index in [2.05, 4.69) is 9.98 Å². The molecule has 146 valence electrons. The van der Waals surface area contributed by atoms with E-state index in [9.17, 15) is 4.79 Å². The summed E-state index contributed by atoms with van der Waals surface area (Å²) in [6.45, 7) is 0.650.